The second-order valence-corrected chi connectivity index (χ2v) is 6.84. The highest BCUT2D eigenvalue weighted by atomic mass is 16.5. The van der Waals surface area contributed by atoms with Gasteiger partial charge in [0.2, 0.25) is 0 Å². The first kappa shape index (κ1) is 17.9. The van der Waals surface area contributed by atoms with Crippen LogP contribution in [0.3, 0.4) is 0 Å². The lowest BCUT2D eigenvalue weighted by Crippen LogP contribution is -2.10. The van der Waals surface area contributed by atoms with E-state index in [9.17, 15) is 0 Å². The van der Waals surface area contributed by atoms with Crippen molar-refractivity contribution in [1.29, 1.82) is 0 Å². The molecule has 5 heteroatoms. The van der Waals surface area contributed by atoms with Crippen LogP contribution in [0.5, 0.6) is 11.5 Å². The van der Waals surface area contributed by atoms with Crippen LogP contribution in [0.15, 0.2) is 48.5 Å². The van der Waals surface area contributed by atoms with Gasteiger partial charge in [-0.1, -0.05) is 12.1 Å². The van der Waals surface area contributed by atoms with Gasteiger partial charge in [0.25, 0.3) is 0 Å². The summed E-state index contributed by atoms with van der Waals surface area (Å²) in [7, 11) is 1.67. The maximum Gasteiger partial charge on any atom is 0.139 e. The standard InChI is InChI=1S/C22H26N2O3/c1-25-17-10-12-18(13-11-17)26-15-5-4-14-24-20-8-3-2-7-19(20)23-22(24)21-9-6-16-27-21/h2-3,7-8,10-13,21H,4-6,9,14-16H2,1H3. The van der Waals surface area contributed by atoms with Crippen LogP contribution in [0.25, 0.3) is 11.0 Å². The van der Waals surface area contributed by atoms with E-state index in [0.717, 1.165) is 61.7 Å². The molecule has 0 aliphatic carbocycles. The molecule has 2 aromatic carbocycles. The summed E-state index contributed by atoms with van der Waals surface area (Å²) in [4.78, 5) is 4.85. The van der Waals surface area contributed by atoms with Gasteiger partial charge in [-0.25, -0.2) is 4.98 Å². The number of fused-ring (bicyclic) bond motifs is 1. The SMILES string of the molecule is COc1ccc(OCCCCn2c(C3CCCO3)nc3ccccc32)cc1. The minimum Gasteiger partial charge on any atom is -0.497 e. The van der Waals surface area contributed by atoms with Crippen molar-refractivity contribution in [2.45, 2.75) is 38.3 Å². The Labute approximate surface area is 159 Å². The summed E-state index contributed by atoms with van der Waals surface area (Å²) in [5.41, 5.74) is 2.25. The number of methoxy groups -OCH3 is 1. The van der Waals surface area contributed by atoms with Crippen LogP contribution in [0.4, 0.5) is 0 Å². The molecule has 3 aromatic rings. The number of hydrogen-bond donors (Lipinski definition) is 0. The maximum atomic E-state index is 5.90. The summed E-state index contributed by atoms with van der Waals surface area (Å²) in [5.74, 6) is 2.80. The molecule has 1 aliphatic heterocycles. The van der Waals surface area contributed by atoms with Crippen LogP contribution in [0.1, 0.15) is 37.6 Å². The van der Waals surface area contributed by atoms with E-state index in [1.807, 2.05) is 30.3 Å². The van der Waals surface area contributed by atoms with Crippen LogP contribution in [0, 0.1) is 0 Å². The molecule has 27 heavy (non-hydrogen) atoms. The van der Waals surface area contributed by atoms with Crippen LogP contribution >= 0.6 is 0 Å². The molecule has 1 fully saturated rings. The van der Waals surface area contributed by atoms with Crippen molar-refractivity contribution in [3.63, 3.8) is 0 Å². The molecule has 2 heterocycles. The van der Waals surface area contributed by atoms with Crippen molar-refractivity contribution in [3.8, 4) is 11.5 Å². The van der Waals surface area contributed by atoms with Crippen molar-refractivity contribution in [3.05, 3.63) is 54.4 Å². The Kier molecular flexibility index (Phi) is 5.58. The summed E-state index contributed by atoms with van der Waals surface area (Å²) in [6.07, 6.45) is 4.33. The molecule has 1 aromatic heterocycles. The van der Waals surface area contributed by atoms with E-state index in [0.29, 0.717) is 6.61 Å². The highest BCUT2D eigenvalue weighted by Gasteiger charge is 2.24. The van der Waals surface area contributed by atoms with Gasteiger partial charge in [-0.3, -0.25) is 0 Å². The lowest BCUT2D eigenvalue weighted by molar-refractivity contribution is 0.102. The molecule has 5 nitrogen and oxygen atoms in total. The molecule has 0 saturated carbocycles. The van der Waals surface area contributed by atoms with Crippen LogP contribution in [0.2, 0.25) is 0 Å². The Morgan fingerprint density at radius 1 is 1.07 bits per heavy atom. The first-order chi connectivity index (χ1) is 13.3. The Balaban J connectivity index is 1.36. The topological polar surface area (TPSA) is 45.5 Å². The average Bonchev–Trinajstić information content (AvgIpc) is 3.36. The normalized spacial score (nSPS) is 16.7. The Morgan fingerprint density at radius 2 is 1.89 bits per heavy atom. The van der Waals surface area contributed by atoms with Crippen LogP contribution in [-0.2, 0) is 11.3 Å². The third kappa shape index (κ3) is 4.08. The zero-order valence-corrected chi connectivity index (χ0v) is 15.8. The van der Waals surface area contributed by atoms with Crippen molar-refractivity contribution in [1.82, 2.24) is 9.55 Å². The van der Waals surface area contributed by atoms with Crippen LogP contribution < -0.4 is 9.47 Å². The summed E-state index contributed by atoms with van der Waals surface area (Å²) in [6, 6.07) is 16.1. The second-order valence-electron chi connectivity index (χ2n) is 6.84. The molecular weight excluding hydrogens is 340 g/mol. The smallest absolute Gasteiger partial charge is 0.139 e. The molecule has 0 amide bonds. The number of ether oxygens (including phenoxy) is 3. The van der Waals surface area contributed by atoms with E-state index < -0.39 is 0 Å². The summed E-state index contributed by atoms with van der Waals surface area (Å²) in [6.45, 7) is 2.47. The fraction of sp³-hybridized carbons (Fsp3) is 0.409. The third-order valence-corrected chi connectivity index (χ3v) is 5.01. The third-order valence-electron chi connectivity index (χ3n) is 5.01. The molecule has 1 saturated heterocycles. The molecular formula is C22H26N2O3. The lowest BCUT2D eigenvalue weighted by atomic mass is 10.2. The van der Waals surface area contributed by atoms with Crippen molar-refractivity contribution >= 4 is 11.0 Å². The quantitative estimate of drug-likeness (QED) is 0.540. The molecule has 4 rings (SSSR count). The van der Waals surface area contributed by atoms with E-state index in [4.69, 9.17) is 19.2 Å². The zero-order valence-electron chi connectivity index (χ0n) is 15.8. The van der Waals surface area contributed by atoms with Gasteiger partial charge in [0.05, 0.1) is 24.8 Å². The Bertz CT molecular complexity index is 867. The predicted molar refractivity (Wildman–Crippen MR) is 105 cm³/mol. The van der Waals surface area contributed by atoms with E-state index in [2.05, 4.69) is 22.8 Å². The Morgan fingerprint density at radius 3 is 2.67 bits per heavy atom. The Hall–Kier alpha value is -2.53. The first-order valence-electron chi connectivity index (χ1n) is 9.69. The number of aromatic nitrogens is 2. The van der Waals surface area contributed by atoms with Gasteiger partial charge in [0.15, 0.2) is 0 Å². The highest BCUT2D eigenvalue weighted by Crippen LogP contribution is 2.30. The number of rotatable bonds is 8. The van der Waals surface area contributed by atoms with Gasteiger partial charge in [0.1, 0.15) is 23.4 Å². The number of benzene rings is 2. The average molecular weight is 366 g/mol. The van der Waals surface area contributed by atoms with Gasteiger partial charge < -0.3 is 18.8 Å². The van der Waals surface area contributed by atoms with Crippen molar-refractivity contribution in [2.75, 3.05) is 20.3 Å². The lowest BCUT2D eigenvalue weighted by Gasteiger charge is -2.14. The minimum absolute atomic E-state index is 0.132. The maximum absolute atomic E-state index is 5.90. The summed E-state index contributed by atoms with van der Waals surface area (Å²) in [5, 5.41) is 0. The first-order valence-corrected chi connectivity index (χ1v) is 9.69. The molecule has 0 N–H and O–H groups in total. The van der Waals surface area contributed by atoms with Gasteiger partial charge in [-0.2, -0.15) is 0 Å². The van der Waals surface area contributed by atoms with Gasteiger partial charge in [0, 0.05) is 13.2 Å². The largest absolute Gasteiger partial charge is 0.497 e. The number of nitrogens with zero attached hydrogens (tertiary/aromatic N) is 2. The molecule has 0 spiro atoms. The highest BCUT2D eigenvalue weighted by molar-refractivity contribution is 5.76. The van der Waals surface area contributed by atoms with Crippen molar-refractivity contribution in [2.24, 2.45) is 0 Å². The van der Waals surface area contributed by atoms with E-state index >= 15 is 0 Å². The second kappa shape index (κ2) is 8.44. The number of hydrogen-bond acceptors (Lipinski definition) is 4. The summed E-state index contributed by atoms with van der Waals surface area (Å²) >= 11 is 0. The monoisotopic (exact) mass is 366 g/mol. The van der Waals surface area contributed by atoms with Gasteiger partial charge in [-0.15, -0.1) is 0 Å². The molecule has 1 unspecified atom stereocenters. The van der Waals surface area contributed by atoms with E-state index in [1.165, 1.54) is 5.52 Å². The fourth-order valence-corrected chi connectivity index (χ4v) is 3.59. The van der Waals surface area contributed by atoms with Crippen molar-refractivity contribution < 1.29 is 14.2 Å². The number of aryl methyl sites for hydroxylation is 1. The molecule has 0 radical (unpaired) electrons. The number of imidazole rings is 1. The molecule has 1 atom stereocenters. The van der Waals surface area contributed by atoms with Gasteiger partial charge >= 0.3 is 0 Å². The fourth-order valence-electron chi connectivity index (χ4n) is 3.59. The zero-order chi connectivity index (χ0) is 18.5. The predicted octanol–water partition coefficient (Wildman–Crippen LogP) is 4.76. The minimum atomic E-state index is 0.132. The molecule has 0 bridgehead atoms. The molecule has 1 aliphatic rings. The van der Waals surface area contributed by atoms with E-state index in [1.54, 1.807) is 7.11 Å². The summed E-state index contributed by atoms with van der Waals surface area (Å²) < 4.78 is 19.2. The van der Waals surface area contributed by atoms with E-state index in [-0.39, 0.29) is 6.10 Å². The number of para-hydroxylation sites is 2. The molecule has 142 valence electrons. The van der Waals surface area contributed by atoms with Gasteiger partial charge in [-0.05, 0) is 62.1 Å². The van der Waals surface area contributed by atoms with Crippen LogP contribution in [-0.4, -0.2) is 29.9 Å². The number of unbranched alkanes of at least 4 members (excludes halogenated alkanes) is 1.